The topological polar surface area (TPSA) is 74.8 Å². The third-order valence-corrected chi connectivity index (χ3v) is 5.56. The van der Waals surface area contributed by atoms with Crippen molar-refractivity contribution in [3.8, 4) is 11.4 Å². The largest absolute Gasteiger partial charge is 0.449 e. The number of likely N-dealkylation sites (tertiary alicyclic amines) is 1. The summed E-state index contributed by atoms with van der Waals surface area (Å²) in [6, 6.07) is 15.5. The standard InChI is InChI=1S/C23H18F3N5O/c24-23(25,26)22-29-16-9-8-15(13-18(16)30-22)21(32)31-12-4-7-19(31)17-10-11-27-20(28-17)14-5-2-1-3-6-14/h1-3,5-6,8-11,13,19H,4,7,12H2,(H,29,30)/t19-/m0/s1. The number of benzene rings is 2. The molecule has 6 nitrogen and oxygen atoms in total. The Morgan fingerprint density at radius 2 is 1.88 bits per heavy atom. The van der Waals surface area contributed by atoms with Gasteiger partial charge >= 0.3 is 6.18 Å². The fraction of sp³-hybridized carbons (Fsp3) is 0.217. The second kappa shape index (κ2) is 7.74. The van der Waals surface area contributed by atoms with Gasteiger partial charge in [0.05, 0.1) is 22.8 Å². The molecular formula is C23H18F3N5O. The number of hydrogen-bond acceptors (Lipinski definition) is 4. The molecule has 1 amide bonds. The van der Waals surface area contributed by atoms with Crippen LogP contribution in [0.2, 0.25) is 0 Å². The smallest absolute Gasteiger partial charge is 0.334 e. The van der Waals surface area contributed by atoms with Crippen molar-refractivity contribution in [1.29, 1.82) is 0 Å². The van der Waals surface area contributed by atoms with Crippen molar-refractivity contribution in [2.24, 2.45) is 0 Å². The second-order valence-electron chi connectivity index (χ2n) is 7.64. The highest BCUT2D eigenvalue weighted by atomic mass is 19.4. The average Bonchev–Trinajstić information content (AvgIpc) is 3.46. The number of H-pyrrole nitrogens is 1. The Kier molecular flexibility index (Phi) is 4.88. The first-order valence-electron chi connectivity index (χ1n) is 10.2. The monoisotopic (exact) mass is 437 g/mol. The third kappa shape index (κ3) is 3.70. The van der Waals surface area contributed by atoms with Gasteiger partial charge in [-0.1, -0.05) is 30.3 Å². The molecule has 1 atom stereocenters. The number of carbonyl (C=O) groups is 1. The molecule has 1 aliphatic rings. The maximum atomic E-state index is 13.3. The van der Waals surface area contributed by atoms with E-state index in [9.17, 15) is 18.0 Å². The Bertz CT molecular complexity index is 1290. The molecule has 0 spiro atoms. The summed E-state index contributed by atoms with van der Waals surface area (Å²) in [5.74, 6) is -0.746. The highest BCUT2D eigenvalue weighted by molar-refractivity contribution is 5.97. The van der Waals surface area contributed by atoms with Crippen LogP contribution in [0.3, 0.4) is 0 Å². The van der Waals surface area contributed by atoms with E-state index in [0.29, 0.717) is 17.9 Å². The molecule has 0 aliphatic carbocycles. The van der Waals surface area contributed by atoms with Gasteiger partial charge in [0.25, 0.3) is 5.91 Å². The maximum absolute atomic E-state index is 13.3. The molecule has 0 radical (unpaired) electrons. The molecule has 1 aliphatic heterocycles. The Hall–Kier alpha value is -3.75. The Balaban J connectivity index is 1.44. The Labute approximate surface area is 181 Å². The summed E-state index contributed by atoms with van der Waals surface area (Å²) in [5.41, 5.74) is 2.27. The Morgan fingerprint density at radius 3 is 2.66 bits per heavy atom. The van der Waals surface area contributed by atoms with E-state index in [4.69, 9.17) is 0 Å². The number of imidazole rings is 1. The lowest BCUT2D eigenvalue weighted by molar-refractivity contribution is -0.144. The number of hydrogen-bond donors (Lipinski definition) is 1. The molecule has 4 aromatic rings. The molecule has 162 valence electrons. The number of alkyl halides is 3. The molecule has 0 saturated carbocycles. The first kappa shape index (κ1) is 20.2. The lowest BCUT2D eigenvalue weighted by Crippen LogP contribution is -2.31. The van der Waals surface area contributed by atoms with Gasteiger partial charge in [0, 0.05) is 23.9 Å². The van der Waals surface area contributed by atoms with Crippen LogP contribution in [0.25, 0.3) is 22.4 Å². The van der Waals surface area contributed by atoms with Crippen LogP contribution in [0.5, 0.6) is 0 Å². The van der Waals surface area contributed by atoms with Gasteiger partial charge in [-0.05, 0) is 37.1 Å². The Morgan fingerprint density at radius 1 is 1.06 bits per heavy atom. The summed E-state index contributed by atoms with van der Waals surface area (Å²) in [6.45, 7) is 0.545. The van der Waals surface area contributed by atoms with Crippen LogP contribution in [0.4, 0.5) is 13.2 Å². The lowest BCUT2D eigenvalue weighted by atomic mass is 10.1. The van der Waals surface area contributed by atoms with E-state index in [1.165, 1.54) is 18.2 Å². The number of nitrogens with one attached hydrogen (secondary N) is 1. The van der Waals surface area contributed by atoms with Gasteiger partial charge in [-0.2, -0.15) is 13.2 Å². The number of amides is 1. The van der Waals surface area contributed by atoms with Crippen LogP contribution >= 0.6 is 0 Å². The van der Waals surface area contributed by atoms with E-state index in [0.717, 1.165) is 24.1 Å². The van der Waals surface area contributed by atoms with Crippen molar-refractivity contribution in [1.82, 2.24) is 24.8 Å². The highest BCUT2D eigenvalue weighted by Gasteiger charge is 2.35. The van der Waals surface area contributed by atoms with Crippen molar-refractivity contribution >= 4 is 16.9 Å². The zero-order chi connectivity index (χ0) is 22.3. The normalized spacial score (nSPS) is 16.6. The quantitative estimate of drug-likeness (QED) is 0.489. The molecule has 1 N–H and O–H groups in total. The predicted octanol–water partition coefficient (Wildman–Crippen LogP) is 5.02. The number of rotatable bonds is 3. The van der Waals surface area contributed by atoms with Crippen molar-refractivity contribution in [3.05, 3.63) is 77.9 Å². The van der Waals surface area contributed by atoms with Crippen LogP contribution in [0.1, 0.15) is 40.8 Å². The molecule has 9 heteroatoms. The maximum Gasteiger partial charge on any atom is 0.449 e. The molecule has 2 aromatic carbocycles. The van der Waals surface area contributed by atoms with Crippen LogP contribution in [-0.4, -0.2) is 37.3 Å². The number of nitrogens with zero attached hydrogens (tertiary/aromatic N) is 4. The predicted molar refractivity (Wildman–Crippen MR) is 112 cm³/mol. The lowest BCUT2D eigenvalue weighted by Gasteiger charge is -2.24. The molecule has 3 heterocycles. The zero-order valence-corrected chi connectivity index (χ0v) is 16.8. The molecule has 0 unspecified atom stereocenters. The van der Waals surface area contributed by atoms with E-state index in [-0.39, 0.29) is 23.0 Å². The van der Waals surface area contributed by atoms with E-state index >= 15 is 0 Å². The van der Waals surface area contributed by atoms with Gasteiger partial charge in [0.15, 0.2) is 5.82 Å². The van der Waals surface area contributed by atoms with Crippen molar-refractivity contribution in [3.63, 3.8) is 0 Å². The number of halogens is 3. The van der Waals surface area contributed by atoms with Gasteiger partial charge in [0.2, 0.25) is 5.82 Å². The molecule has 1 fully saturated rings. The van der Waals surface area contributed by atoms with Crippen LogP contribution < -0.4 is 0 Å². The van der Waals surface area contributed by atoms with Crippen LogP contribution in [0.15, 0.2) is 60.8 Å². The van der Waals surface area contributed by atoms with Gasteiger partial charge in [-0.3, -0.25) is 4.79 Å². The van der Waals surface area contributed by atoms with E-state index in [1.54, 1.807) is 17.2 Å². The van der Waals surface area contributed by atoms with Gasteiger partial charge < -0.3 is 9.88 Å². The summed E-state index contributed by atoms with van der Waals surface area (Å²) in [5, 5.41) is 0. The minimum Gasteiger partial charge on any atom is -0.334 e. The van der Waals surface area contributed by atoms with Crippen molar-refractivity contribution in [2.75, 3.05) is 6.54 Å². The van der Waals surface area contributed by atoms with Crippen molar-refractivity contribution in [2.45, 2.75) is 25.1 Å². The van der Waals surface area contributed by atoms with Gasteiger partial charge in [-0.15, -0.1) is 0 Å². The average molecular weight is 437 g/mol. The zero-order valence-electron chi connectivity index (χ0n) is 16.8. The summed E-state index contributed by atoms with van der Waals surface area (Å²) >= 11 is 0. The summed E-state index contributed by atoms with van der Waals surface area (Å²) in [6.07, 6.45) is -1.33. The molecule has 5 rings (SSSR count). The van der Waals surface area contributed by atoms with E-state index < -0.39 is 12.0 Å². The number of aromatic amines is 1. The molecule has 1 saturated heterocycles. The van der Waals surface area contributed by atoms with E-state index in [1.807, 2.05) is 30.3 Å². The number of aromatic nitrogens is 4. The molecule has 32 heavy (non-hydrogen) atoms. The van der Waals surface area contributed by atoms with Gasteiger partial charge in [0.1, 0.15) is 0 Å². The number of carbonyl (C=O) groups excluding carboxylic acids is 1. The fourth-order valence-electron chi connectivity index (χ4n) is 4.04. The minimum atomic E-state index is -4.58. The minimum absolute atomic E-state index is 0.162. The van der Waals surface area contributed by atoms with Crippen molar-refractivity contribution < 1.29 is 18.0 Å². The molecule has 2 aromatic heterocycles. The first-order valence-corrected chi connectivity index (χ1v) is 10.2. The summed E-state index contributed by atoms with van der Waals surface area (Å²) < 4.78 is 38.8. The molecule has 0 bridgehead atoms. The molecular weight excluding hydrogens is 419 g/mol. The summed E-state index contributed by atoms with van der Waals surface area (Å²) in [4.78, 5) is 29.8. The van der Waals surface area contributed by atoms with Crippen LogP contribution in [0, 0.1) is 0 Å². The summed E-state index contributed by atoms with van der Waals surface area (Å²) in [7, 11) is 0. The van der Waals surface area contributed by atoms with Gasteiger partial charge in [-0.25, -0.2) is 15.0 Å². The SMILES string of the molecule is O=C(c1ccc2nc(C(F)(F)F)[nH]c2c1)N1CCC[C@H]1c1ccnc(-c2ccccc2)n1. The second-order valence-corrected chi connectivity index (χ2v) is 7.64. The fourth-order valence-corrected chi connectivity index (χ4v) is 4.04. The third-order valence-electron chi connectivity index (χ3n) is 5.56. The first-order chi connectivity index (χ1) is 15.4. The highest BCUT2D eigenvalue weighted by Crippen LogP contribution is 2.34. The van der Waals surface area contributed by atoms with E-state index in [2.05, 4.69) is 19.9 Å². The van der Waals surface area contributed by atoms with Crippen LogP contribution in [-0.2, 0) is 6.18 Å². The number of fused-ring (bicyclic) bond motifs is 1.